The van der Waals surface area contributed by atoms with E-state index in [1.54, 1.807) is 9.99 Å². The van der Waals surface area contributed by atoms with E-state index in [4.69, 9.17) is 5.73 Å². The molecule has 0 unspecified atom stereocenters. The third kappa shape index (κ3) is 3.39. The molecule has 3 aromatic carbocycles. The largest absolute Gasteiger partial charge is 0.368 e. The Labute approximate surface area is 164 Å². The van der Waals surface area contributed by atoms with Crippen LogP contribution in [-0.2, 0) is 0 Å². The van der Waals surface area contributed by atoms with Crippen molar-refractivity contribution in [2.24, 2.45) is 0 Å². The van der Waals surface area contributed by atoms with E-state index in [1.165, 1.54) is 0 Å². The number of benzene rings is 3. The van der Waals surface area contributed by atoms with Crippen LogP contribution in [-0.4, -0.2) is 16.3 Å². The number of nitrogen functional groups attached to an aromatic ring is 1. The van der Waals surface area contributed by atoms with Gasteiger partial charge in [-0.25, -0.2) is 4.98 Å². The van der Waals surface area contributed by atoms with E-state index in [1.807, 2.05) is 66.7 Å². The molecule has 0 saturated carbocycles. The highest BCUT2D eigenvalue weighted by Gasteiger charge is 2.15. The van der Waals surface area contributed by atoms with Crippen molar-refractivity contribution in [3.8, 4) is 11.1 Å². The van der Waals surface area contributed by atoms with Crippen molar-refractivity contribution in [1.29, 1.82) is 0 Å². The van der Waals surface area contributed by atoms with Gasteiger partial charge in [0, 0.05) is 10.9 Å². The fourth-order valence-electron chi connectivity index (χ4n) is 2.93. The van der Waals surface area contributed by atoms with Gasteiger partial charge in [0.2, 0.25) is 5.95 Å². The summed E-state index contributed by atoms with van der Waals surface area (Å²) in [5.41, 5.74) is 10.1. The second-order valence-corrected chi connectivity index (χ2v) is 6.71. The third-order valence-electron chi connectivity index (χ3n) is 4.22. The molecule has 132 valence electrons. The van der Waals surface area contributed by atoms with E-state index in [-0.39, 0.29) is 5.95 Å². The molecule has 0 bridgehead atoms. The first-order valence-electron chi connectivity index (χ1n) is 8.29. The molecule has 0 aliphatic rings. The molecule has 4 rings (SSSR count). The summed E-state index contributed by atoms with van der Waals surface area (Å²) < 4.78 is 1.80. The highest BCUT2D eigenvalue weighted by Crippen LogP contribution is 2.35. The number of aldehydes is 1. The summed E-state index contributed by atoms with van der Waals surface area (Å²) >= 11 is 3.59. The highest BCUT2D eigenvalue weighted by molar-refractivity contribution is 9.10. The topological polar surface area (TPSA) is 72.1 Å². The number of anilines is 3. The first kappa shape index (κ1) is 17.2. The molecule has 1 aromatic heterocycles. The van der Waals surface area contributed by atoms with Crippen LogP contribution in [0.5, 0.6) is 0 Å². The van der Waals surface area contributed by atoms with Gasteiger partial charge in [-0.05, 0) is 41.5 Å². The van der Waals surface area contributed by atoms with Gasteiger partial charge in [0.1, 0.15) is 6.29 Å². The normalized spacial score (nSPS) is 10.7. The van der Waals surface area contributed by atoms with Crippen LogP contribution in [0.3, 0.4) is 0 Å². The van der Waals surface area contributed by atoms with Crippen LogP contribution in [0.15, 0.2) is 72.8 Å². The molecule has 0 atom stereocenters. The minimum absolute atomic E-state index is 0.202. The number of rotatable bonds is 4. The Morgan fingerprint density at radius 2 is 1.67 bits per heavy atom. The Bertz CT molecular complexity index is 1130. The van der Waals surface area contributed by atoms with Crippen LogP contribution in [0.4, 0.5) is 17.5 Å². The Hall–Kier alpha value is -3.25. The second-order valence-electron chi connectivity index (χ2n) is 6.00. The lowest BCUT2D eigenvalue weighted by Gasteiger charge is -2.18. The molecular formula is C21H15BrN4O. The summed E-state index contributed by atoms with van der Waals surface area (Å²) in [5.74, 6) is 0.852. The van der Waals surface area contributed by atoms with Crippen molar-refractivity contribution in [2.75, 3.05) is 9.66 Å². The van der Waals surface area contributed by atoms with Crippen molar-refractivity contribution < 1.29 is 4.79 Å². The molecule has 0 saturated heterocycles. The van der Waals surface area contributed by atoms with Crippen LogP contribution in [0.2, 0.25) is 0 Å². The van der Waals surface area contributed by atoms with Gasteiger partial charge in [0.25, 0.3) is 0 Å². The second kappa shape index (κ2) is 7.17. The van der Waals surface area contributed by atoms with Gasteiger partial charge in [-0.1, -0.05) is 42.5 Å². The molecule has 0 radical (unpaired) electrons. The van der Waals surface area contributed by atoms with Crippen LogP contribution >= 0.6 is 16.1 Å². The minimum Gasteiger partial charge on any atom is -0.368 e. The quantitative estimate of drug-likeness (QED) is 0.366. The third-order valence-corrected chi connectivity index (χ3v) is 4.96. The zero-order chi connectivity index (χ0) is 18.8. The Kier molecular flexibility index (Phi) is 4.56. The van der Waals surface area contributed by atoms with Gasteiger partial charge < -0.3 is 5.73 Å². The Balaban J connectivity index is 1.89. The highest BCUT2D eigenvalue weighted by atomic mass is 79.9. The first-order chi connectivity index (χ1) is 13.2. The number of hydrogen-bond acceptors (Lipinski definition) is 5. The lowest BCUT2D eigenvalue weighted by molar-refractivity contribution is 0.112. The average Bonchev–Trinajstić information content (AvgIpc) is 2.73. The molecule has 5 nitrogen and oxygen atoms in total. The van der Waals surface area contributed by atoms with Crippen LogP contribution in [0, 0.1) is 0 Å². The number of carbonyl (C=O) groups is 1. The van der Waals surface area contributed by atoms with Gasteiger partial charge in [-0.3, -0.25) is 8.72 Å². The summed E-state index contributed by atoms with van der Waals surface area (Å²) in [6, 6.07) is 23.1. The number of para-hydroxylation sites is 1. The Morgan fingerprint density at radius 1 is 0.889 bits per heavy atom. The maximum absolute atomic E-state index is 11.1. The molecule has 0 aliphatic heterocycles. The van der Waals surface area contributed by atoms with Crippen LogP contribution in [0.1, 0.15) is 10.4 Å². The fourth-order valence-corrected chi connectivity index (χ4v) is 3.44. The van der Waals surface area contributed by atoms with E-state index >= 15 is 0 Å². The average molecular weight is 419 g/mol. The number of halogens is 1. The summed E-state index contributed by atoms with van der Waals surface area (Å²) in [6.45, 7) is 0. The molecule has 6 heteroatoms. The van der Waals surface area contributed by atoms with Gasteiger partial charge in [0.15, 0.2) is 5.82 Å². The predicted molar refractivity (Wildman–Crippen MR) is 112 cm³/mol. The standard InChI is InChI=1S/C21H15BrN4O/c22-26(17-7-2-1-3-8-17)20-18-12-16(9-10-19(18)24-21(23)25-20)15-6-4-5-14(11-15)13-27/h1-13H,(H2,23,24,25). The van der Waals surface area contributed by atoms with Gasteiger partial charge >= 0.3 is 0 Å². The van der Waals surface area contributed by atoms with E-state index < -0.39 is 0 Å². The monoisotopic (exact) mass is 418 g/mol. The lowest BCUT2D eigenvalue weighted by atomic mass is 10.0. The molecule has 0 amide bonds. The summed E-state index contributed by atoms with van der Waals surface area (Å²) in [7, 11) is 0. The van der Waals surface area contributed by atoms with Gasteiger partial charge in [-0.15, -0.1) is 0 Å². The SMILES string of the molecule is Nc1nc(N(Br)c2ccccc2)c2cc(-c3cccc(C=O)c3)ccc2n1. The van der Waals surface area contributed by atoms with Crippen molar-refractivity contribution in [1.82, 2.24) is 9.97 Å². The minimum atomic E-state index is 0.202. The number of nitrogens with zero attached hydrogens (tertiary/aromatic N) is 3. The molecular weight excluding hydrogens is 404 g/mol. The number of fused-ring (bicyclic) bond motifs is 1. The molecule has 0 aliphatic carbocycles. The summed E-state index contributed by atoms with van der Waals surface area (Å²) in [6.07, 6.45) is 0.843. The summed E-state index contributed by atoms with van der Waals surface area (Å²) in [5, 5.41) is 0.846. The Morgan fingerprint density at radius 3 is 2.44 bits per heavy atom. The van der Waals surface area contributed by atoms with E-state index in [0.717, 1.165) is 34.0 Å². The smallest absolute Gasteiger partial charge is 0.222 e. The van der Waals surface area contributed by atoms with Crippen molar-refractivity contribution >= 4 is 50.8 Å². The van der Waals surface area contributed by atoms with Crippen molar-refractivity contribution in [3.63, 3.8) is 0 Å². The fraction of sp³-hybridized carbons (Fsp3) is 0. The molecule has 0 fully saturated rings. The zero-order valence-electron chi connectivity index (χ0n) is 14.2. The molecule has 27 heavy (non-hydrogen) atoms. The molecule has 4 aromatic rings. The maximum Gasteiger partial charge on any atom is 0.222 e. The first-order valence-corrected chi connectivity index (χ1v) is 9.00. The van der Waals surface area contributed by atoms with Gasteiger partial charge in [0.05, 0.1) is 27.4 Å². The number of aromatic nitrogens is 2. The number of nitrogens with two attached hydrogens (primary N) is 1. The van der Waals surface area contributed by atoms with Crippen molar-refractivity contribution in [2.45, 2.75) is 0 Å². The van der Waals surface area contributed by atoms with E-state index in [9.17, 15) is 4.79 Å². The maximum atomic E-state index is 11.1. The van der Waals surface area contributed by atoms with E-state index in [0.29, 0.717) is 11.4 Å². The lowest BCUT2D eigenvalue weighted by Crippen LogP contribution is -2.07. The molecule has 2 N–H and O–H groups in total. The number of hydrogen-bond donors (Lipinski definition) is 1. The summed E-state index contributed by atoms with van der Waals surface area (Å²) in [4.78, 5) is 19.9. The zero-order valence-corrected chi connectivity index (χ0v) is 15.8. The van der Waals surface area contributed by atoms with Gasteiger partial charge in [-0.2, -0.15) is 4.98 Å². The molecule has 0 spiro atoms. The van der Waals surface area contributed by atoms with Crippen molar-refractivity contribution in [3.05, 3.63) is 78.4 Å². The molecule has 1 heterocycles. The van der Waals surface area contributed by atoms with E-state index in [2.05, 4.69) is 26.1 Å². The van der Waals surface area contributed by atoms with Crippen LogP contribution < -0.4 is 9.66 Å². The number of carbonyl (C=O) groups excluding carboxylic acids is 1. The van der Waals surface area contributed by atoms with Crippen LogP contribution in [0.25, 0.3) is 22.0 Å². The predicted octanol–water partition coefficient (Wildman–Crippen LogP) is 5.14.